The summed E-state index contributed by atoms with van der Waals surface area (Å²) in [6, 6.07) is 0. The van der Waals surface area contributed by atoms with E-state index in [0.717, 1.165) is 35.5 Å². The van der Waals surface area contributed by atoms with Crippen LogP contribution in [0, 0.1) is 51.8 Å². The van der Waals surface area contributed by atoms with Gasteiger partial charge in [-0.05, 0) is 116 Å². The van der Waals surface area contributed by atoms with E-state index in [-0.39, 0.29) is 0 Å². The normalized spacial score (nSPS) is 53.0. The molecule has 4 aliphatic carbocycles. The van der Waals surface area contributed by atoms with Crippen LogP contribution in [-0.2, 0) is 0 Å². The van der Waals surface area contributed by atoms with Gasteiger partial charge >= 0.3 is 0 Å². The van der Waals surface area contributed by atoms with Gasteiger partial charge in [0.2, 0.25) is 0 Å². The first kappa shape index (κ1) is 18.4. The fraction of sp³-hybridized carbons (Fsp3) is 1.00. The van der Waals surface area contributed by atoms with Crippen molar-refractivity contribution in [2.24, 2.45) is 51.8 Å². The van der Waals surface area contributed by atoms with Gasteiger partial charge in [-0.15, -0.1) is 0 Å². The molecule has 144 valence electrons. The highest BCUT2D eigenvalue weighted by Gasteiger charge is 2.59. The third kappa shape index (κ3) is 2.93. The number of hydrogen-bond donors (Lipinski definition) is 0. The molecule has 0 aromatic heterocycles. The summed E-state index contributed by atoms with van der Waals surface area (Å²) in [5.74, 6) is 6.22. The first-order chi connectivity index (χ1) is 11.6. The molecule has 4 saturated carbocycles. The average molecular weight is 345 g/mol. The molecule has 0 aliphatic heterocycles. The molecule has 0 N–H and O–H groups in total. The van der Waals surface area contributed by atoms with Gasteiger partial charge in [0, 0.05) is 0 Å². The monoisotopic (exact) mass is 344 g/mol. The van der Waals surface area contributed by atoms with Gasteiger partial charge in [0.05, 0.1) is 0 Å². The molecule has 8 atom stereocenters. The Morgan fingerprint density at radius 2 is 1.48 bits per heavy atom. The summed E-state index contributed by atoms with van der Waals surface area (Å²) in [5.41, 5.74) is 1.89. The number of hydrogen-bond acceptors (Lipinski definition) is 0. The van der Waals surface area contributed by atoms with Gasteiger partial charge in [0.25, 0.3) is 0 Å². The van der Waals surface area contributed by atoms with Crippen molar-refractivity contribution < 1.29 is 0 Å². The van der Waals surface area contributed by atoms with Gasteiger partial charge in [0.15, 0.2) is 0 Å². The van der Waals surface area contributed by atoms with Crippen molar-refractivity contribution in [2.75, 3.05) is 0 Å². The molecule has 4 rings (SSSR count). The molecule has 0 saturated heterocycles. The summed E-state index contributed by atoms with van der Waals surface area (Å²) >= 11 is 0. The fourth-order valence-electron chi connectivity index (χ4n) is 8.66. The van der Waals surface area contributed by atoms with Gasteiger partial charge in [-0.3, -0.25) is 0 Å². The summed E-state index contributed by atoms with van der Waals surface area (Å²) in [6.45, 7) is 15.3. The second-order valence-corrected chi connectivity index (χ2v) is 12.6. The lowest BCUT2D eigenvalue weighted by molar-refractivity contribution is -0.118. The van der Waals surface area contributed by atoms with E-state index in [1.165, 1.54) is 25.7 Å². The Kier molecular flexibility index (Phi) is 4.41. The summed E-state index contributed by atoms with van der Waals surface area (Å²) < 4.78 is 0. The molecule has 0 spiro atoms. The van der Waals surface area contributed by atoms with E-state index in [1.54, 1.807) is 38.5 Å². The fourth-order valence-corrected chi connectivity index (χ4v) is 8.66. The molecule has 4 aliphatic rings. The lowest BCUT2D eigenvalue weighted by atomic mass is 9.44. The quantitative estimate of drug-likeness (QED) is 0.457. The predicted octanol–water partition coefficient (Wildman–Crippen LogP) is 7.72. The van der Waals surface area contributed by atoms with Crippen LogP contribution in [0.25, 0.3) is 0 Å². The second-order valence-electron chi connectivity index (χ2n) is 12.6. The zero-order valence-electron chi connectivity index (χ0n) is 18.0. The van der Waals surface area contributed by atoms with Gasteiger partial charge in [-0.2, -0.15) is 0 Å². The van der Waals surface area contributed by atoms with Crippen molar-refractivity contribution in [1.29, 1.82) is 0 Å². The zero-order valence-corrected chi connectivity index (χ0v) is 18.0. The second kappa shape index (κ2) is 6.00. The number of rotatable bonds is 1. The maximum Gasteiger partial charge on any atom is -0.0266 e. The lowest BCUT2D eigenvalue weighted by Crippen LogP contribution is -2.53. The molecular formula is C25H44. The summed E-state index contributed by atoms with van der Waals surface area (Å²) in [7, 11) is 0. The van der Waals surface area contributed by atoms with Crippen LogP contribution in [0.2, 0.25) is 0 Å². The molecule has 25 heavy (non-hydrogen) atoms. The first-order valence-corrected chi connectivity index (χ1v) is 11.6. The maximum atomic E-state index is 2.74. The Morgan fingerprint density at radius 1 is 0.800 bits per heavy atom. The van der Waals surface area contributed by atoms with Gasteiger partial charge in [-0.1, -0.05) is 41.5 Å². The highest BCUT2D eigenvalue weighted by Crippen LogP contribution is 2.67. The van der Waals surface area contributed by atoms with Crippen molar-refractivity contribution in [2.45, 2.75) is 106 Å². The maximum absolute atomic E-state index is 2.74. The first-order valence-electron chi connectivity index (χ1n) is 11.6. The molecule has 0 heteroatoms. The Balaban J connectivity index is 1.51. The highest BCUT2D eigenvalue weighted by molar-refractivity contribution is 5.08. The molecule has 0 nitrogen and oxygen atoms in total. The third-order valence-electron chi connectivity index (χ3n) is 10.1. The Hall–Kier alpha value is 0. The van der Waals surface area contributed by atoms with E-state index in [4.69, 9.17) is 0 Å². The molecule has 0 aromatic rings. The Bertz CT molecular complexity index is 499. The minimum absolute atomic E-state index is 0.516. The van der Waals surface area contributed by atoms with Crippen molar-refractivity contribution >= 4 is 0 Å². The number of fused-ring (bicyclic) bond motifs is 5. The van der Waals surface area contributed by atoms with Gasteiger partial charge < -0.3 is 0 Å². The SMILES string of the molecule is CC1CC[C@H]2[C@@H]3CC[C@H]4CC(CC(C)(C)C)CC[C@]4(C)[C@H]3CC[C@]12C. The van der Waals surface area contributed by atoms with Crippen LogP contribution in [-0.4, -0.2) is 0 Å². The Labute approximate surface area is 157 Å². The van der Waals surface area contributed by atoms with E-state index in [0.29, 0.717) is 16.2 Å². The molecule has 0 aromatic carbocycles. The van der Waals surface area contributed by atoms with Crippen LogP contribution in [0.1, 0.15) is 106 Å². The highest BCUT2D eigenvalue weighted by atomic mass is 14.6. The summed E-state index contributed by atoms with van der Waals surface area (Å²) in [6.07, 6.45) is 15.3. The molecule has 0 bridgehead atoms. The largest absolute Gasteiger partial charge is 0.0620 e. The average Bonchev–Trinajstić information content (AvgIpc) is 2.82. The molecular weight excluding hydrogens is 300 g/mol. The molecule has 0 amide bonds. The summed E-state index contributed by atoms with van der Waals surface area (Å²) in [5, 5.41) is 0. The summed E-state index contributed by atoms with van der Waals surface area (Å²) in [4.78, 5) is 0. The molecule has 0 radical (unpaired) electrons. The van der Waals surface area contributed by atoms with E-state index in [1.807, 2.05) is 0 Å². The van der Waals surface area contributed by atoms with Crippen molar-refractivity contribution in [3.63, 3.8) is 0 Å². The van der Waals surface area contributed by atoms with Crippen molar-refractivity contribution in [3.05, 3.63) is 0 Å². The third-order valence-corrected chi connectivity index (χ3v) is 10.1. The smallest absolute Gasteiger partial charge is 0.0266 e. The lowest BCUT2D eigenvalue weighted by Gasteiger charge is -2.61. The zero-order chi connectivity index (χ0) is 18.0. The predicted molar refractivity (Wildman–Crippen MR) is 108 cm³/mol. The van der Waals surface area contributed by atoms with Gasteiger partial charge in [-0.25, -0.2) is 0 Å². The van der Waals surface area contributed by atoms with Crippen LogP contribution >= 0.6 is 0 Å². The topological polar surface area (TPSA) is 0 Å². The van der Waals surface area contributed by atoms with Crippen LogP contribution in [0.15, 0.2) is 0 Å². The minimum Gasteiger partial charge on any atom is -0.0620 e. The van der Waals surface area contributed by atoms with E-state index < -0.39 is 0 Å². The standard InChI is InChI=1S/C25H44/c1-17-7-10-21-20-9-8-19-15-18(16-23(2,3)4)11-13-25(19,6)22(20)12-14-24(17,21)5/h17-22H,7-16H2,1-6H3/t17?,18?,19-,20-,21-,22-,24+,25-/m0/s1. The molecule has 4 fully saturated rings. The van der Waals surface area contributed by atoms with Crippen LogP contribution in [0.5, 0.6) is 0 Å². The molecule has 2 unspecified atom stereocenters. The Morgan fingerprint density at radius 3 is 2.20 bits per heavy atom. The minimum atomic E-state index is 0.516. The van der Waals surface area contributed by atoms with Crippen molar-refractivity contribution in [3.8, 4) is 0 Å². The van der Waals surface area contributed by atoms with Crippen molar-refractivity contribution in [1.82, 2.24) is 0 Å². The van der Waals surface area contributed by atoms with Gasteiger partial charge in [0.1, 0.15) is 0 Å². The van der Waals surface area contributed by atoms with E-state index in [2.05, 4.69) is 41.5 Å². The van der Waals surface area contributed by atoms with E-state index >= 15 is 0 Å². The van der Waals surface area contributed by atoms with E-state index in [9.17, 15) is 0 Å². The van der Waals surface area contributed by atoms with Crippen LogP contribution < -0.4 is 0 Å². The van der Waals surface area contributed by atoms with Crippen LogP contribution in [0.3, 0.4) is 0 Å². The van der Waals surface area contributed by atoms with Crippen LogP contribution in [0.4, 0.5) is 0 Å². The molecule has 0 heterocycles.